The third-order valence-electron chi connectivity index (χ3n) is 2.29. The number of carbonyl (C=O) groups excluding carboxylic acids is 1. The monoisotopic (exact) mass is 220 g/mol. The van der Waals surface area contributed by atoms with Crippen LogP contribution in [0.15, 0.2) is 23.6 Å². The zero-order valence-electron chi connectivity index (χ0n) is 8.74. The Morgan fingerprint density at radius 1 is 1.47 bits per heavy atom. The molecule has 78 valence electrons. The Morgan fingerprint density at radius 2 is 2.27 bits per heavy atom. The van der Waals surface area contributed by atoms with Crippen molar-refractivity contribution in [1.82, 2.24) is 0 Å². The first kappa shape index (κ1) is 10.2. The van der Waals surface area contributed by atoms with Crippen molar-refractivity contribution >= 4 is 27.4 Å². The summed E-state index contributed by atoms with van der Waals surface area (Å²) in [6.07, 6.45) is 0. The Hall–Kier alpha value is -1.35. The lowest BCUT2D eigenvalue weighted by molar-refractivity contribution is 0.0526. The molecule has 0 aliphatic rings. The highest BCUT2D eigenvalue weighted by atomic mass is 32.1. The lowest BCUT2D eigenvalue weighted by Gasteiger charge is -2.03. The van der Waals surface area contributed by atoms with E-state index in [0.29, 0.717) is 12.2 Å². The van der Waals surface area contributed by atoms with Gasteiger partial charge >= 0.3 is 5.97 Å². The molecule has 2 nitrogen and oxygen atoms in total. The van der Waals surface area contributed by atoms with E-state index in [1.54, 1.807) is 11.3 Å². The SMILES string of the molecule is CCOC(=O)c1cc(C)c2ccsc2c1. The van der Waals surface area contributed by atoms with Crippen molar-refractivity contribution in [3.8, 4) is 0 Å². The van der Waals surface area contributed by atoms with Crippen LogP contribution in [0.4, 0.5) is 0 Å². The number of fused-ring (bicyclic) bond motifs is 1. The molecular weight excluding hydrogens is 208 g/mol. The number of rotatable bonds is 2. The number of carbonyl (C=O) groups is 1. The van der Waals surface area contributed by atoms with E-state index >= 15 is 0 Å². The Morgan fingerprint density at radius 3 is 3.00 bits per heavy atom. The number of ether oxygens (including phenoxy) is 1. The van der Waals surface area contributed by atoms with E-state index in [0.717, 1.165) is 10.3 Å². The second-order valence-electron chi connectivity index (χ2n) is 3.35. The maximum absolute atomic E-state index is 11.5. The van der Waals surface area contributed by atoms with Gasteiger partial charge in [0.15, 0.2) is 0 Å². The van der Waals surface area contributed by atoms with Gasteiger partial charge in [-0.25, -0.2) is 4.79 Å². The molecule has 0 radical (unpaired) electrons. The standard InChI is InChI=1S/C12H12O2S/c1-3-14-12(13)9-6-8(2)10-4-5-15-11(10)7-9/h4-7H,3H2,1-2H3. The predicted molar refractivity (Wildman–Crippen MR) is 62.5 cm³/mol. The van der Waals surface area contributed by atoms with Gasteiger partial charge in [-0.1, -0.05) is 0 Å². The summed E-state index contributed by atoms with van der Waals surface area (Å²) in [4.78, 5) is 11.5. The smallest absolute Gasteiger partial charge is 0.338 e. The molecule has 0 aliphatic heterocycles. The van der Waals surface area contributed by atoms with E-state index in [1.807, 2.05) is 31.4 Å². The molecule has 0 bridgehead atoms. The van der Waals surface area contributed by atoms with E-state index in [2.05, 4.69) is 6.07 Å². The molecule has 0 N–H and O–H groups in total. The van der Waals surface area contributed by atoms with Crippen LogP contribution in [0.2, 0.25) is 0 Å². The molecule has 1 aromatic carbocycles. The second-order valence-corrected chi connectivity index (χ2v) is 4.29. The molecule has 0 unspecified atom stereocenters. The molecule has 1 heterocycles. The molecule has 0 atom stereocenters. The first-order valence-corrected chi connectivity index (χ1v) is 5.75. The molecule has 1 aromatic heterocycles. The van der Waals surface area contributed by atoms with Gasteiger partial charge < -0.3 is 4.74 Å². The summed E-state index contributed by atoms with van der Waals surface area (Å²) in [6.45, 7) is 4.24. The molecule has 0 amide bonds. The van der Waals surface area contributed by atoms with Crippen molar-refractivity contribution in [3.63, 3.8) is 0 Å². The van der Waals surface area contributed by atoms with Crippen LogP contribution < -0.4 is 0 Å². The molecule has 3 heteroatoms. The third-order valence-corrected chi connectivity index (χ3v) is 3.15. The quantitative estimate of drug-likeness (QED) is 0.725. The zero-order chi connectivity index (χ0) is 10.8. The van der Waals surface area contributed by atoms with E-state index in [9.17, 15) is 4.79 Å². The Kier molecular flexibility index (Phi) is 2.73. The second kappa shape index (κ2) is 4.03. The van der Waals surface area contributed by atoms with Crippen molar-refractivity contribution < 1.29 is 9.53 Å². The van der Waals surface area contributed by atoms with Gasteiger partial charge in [0, 0.05) is 4.70 Å². The molecular formula is C12H12O2S. The first-order valence-electron chi connectivity index (χ1n) is 4.87. The highest BCUT2D eigenvalue weighted by Gasteiger charge is 2.09. The summed E-state index contributed by atoms with van der Waals surface area (Å²) < 4.78 is 6.11. The number of hydrogen-bond donors (Lipinski definition) is 0. The fraction of sp³-hybridized carbons (Fsp3) is 0.250. The highest BCUT2D eigenvalue weighted by Crippen LogP contribution is 2.25. The molecule has 0 spiro atoms. The van der Waals surface area contributed by atoms with Crippen LogP contribution in [0, 0.1) is 6.92 Å². The topological polar surface area (TPSA) is 26.3 Å². The summed E-state index contributed by atoms with van der Waals surface area (Å²) in [7, 11) is 0. The number of esters is 1. The summed E-state index contributed by atoms with van der Waals surface area (Å²) >= 11 is 1.64. The van der Waals surface area contributed by atoms with Crippen LogP contribution in [0.25, 0.3) is 10.1 Å². The molecule has 15 heavy (non-hydrogen) atoms. The first-order chi connectivity index (χ1) is 7.22. The average Bonchev–Trinajstić information content (AvgIpc) is 2.66. The van der Waals surface area contributed by atoms with Crippen LogP contribution in [-0.4, -0.2) is 12.6 Å². The summed E-state index contributed by atoms with van der Waals surface area (Å²) in [6, 6.07) is 5.85. The van der Waals surface area contributed by atoms with Crippen molar-refractivity contribution in [2.24, 2.45) is 0 Å². The van der Waals surface area contributed by atoms with E-state index in [1.165, 1.54) is 5.39 Å². The molecule has 2 rings (SSSR count). The molecule has 0 aliphatic carbocycles. The number of thiophene rings is 1. The van der Waals surface area contributed by atoms with Crippen LogP contribution in [0.5, 0.6) is 0 Å². The van der Waals surface area contributed by atoms with Crippen molar-refractivity contribution in [2.75, 3.05) is 6.61 Å². The Balaban J connectivity index is 2.49. The summed E-state index contributed by atoms with van der Waals surface area (Å²) in [5.41, 5.74) is 1.76. The van der Waals surface area contributed by atoms with Gasteiger partial charge in [-0.15, -0.1) is 11.3 Å². The predicted octanol–water partition coefficient (Wildman–Crippen LogP) is 3.39. The summed E-state index contributed by atoms with van der Waals surface area (Å²) in [5, 5.41) is 3.25. The largest absolute Gasteiger partial charge is 0.462 e. The van der Waals surface area contributed by atoms with E-state index < -0.39 is 0 Å². The normalized spacial score (nSPS) is 10.5. The van der Waals surface area contributed by atoms with Gasteiger partial charge in [0.05, 0.1) is 12.2 Å². The third kappa shape index (κ3) is 1.88. The zero-order valence-corrected chi connectivity index (χ0v) is 9.56. The van der Waals surface area contributed by atoms with Gasteiger partial charge in [-0.3, -0.25) is 0 Å². The number of hydrogen-bond acceptors (Lipinski definition) is 3. The van der Waals surface area contributed by atoms with Gasteiger partial charge in [-0.05, 0) is 48.4 Å². The summed E-state index contributed by atoms with van der Waals surface area (Å²) in [5.74, 6) is -0.240. The average molecular weight is 220 g/mol. The maximum atomic E-state index is 11.5. The van der Waals surface area contributed by atoms with E-state index in [4.69, 9.17) is 4.74 Å². The minimum absolute atomic E-state index is 0.240. The fourth-order valence-electron chi connectivity index (χ4n) is 1.58. The minimum atomic E-state index is -0.240. The van der Waals surface area contributed by atoms with Gasteiger partial charge in [0.2, 0.25) is 0 Å². The Bertz CT molecular complexity index is 499. The maximum Gasteiger partial charge on any atom is 0.338 e. The molecule has 0 saturated heterocycles. The highest BCUT2D eigenvalue weighted by molar-refractivity contribution is 7.17. The van der Waals surface area contributed by atoms with Crippen molar-refractivity contribution in [3.05, 3.63) is 34.7 Å². The van der Waals surface area contributed by atoms with Crippen molar-refractivity contribution in [2.45, 2.75) is 13.8 Å². The Labute approximate surface area is 92.5 Å². The van der Waals surface area contributed by atoms with Crippen molar-refractivity contribution in [1.29, 1.82) is 0 Å². The van der Waals surface area contributed by atoms with Gasteiger partial charge in [-0.2, -0.15) is 0 Å². The van der Waals surface area contributed by atoms with Crippen LogP contribution >= 0.6 is 11.3 Å². The minimum Gasteiger partial charge on any atom is -0.462 e. The van der Waals surface area contributed by atoms with Gasteiger partial charge in [0.1, 0.15) is 0 Å². The van der Waals surface area contributed by atoms with Gasteiger partial charge in [0.25, 0.3) is 0 Å². The van der Waals surface area contributed by atoms with Crippen LogP contribution in [0.1, 0.15) is 22.8 Å². The number of benzene rings is 1. The fourth-order valence-corrected chi connectivity index (χ4v) is 2.49. The molecule has 2 aromatic rings. The van der Waals surface area contributed by atoms with E-state index in [-0.39, 0.29) is 5.97 Å². The lowest BCUT2D eigenvalue weighted by Crippen LogP contribution is -2.04. The lowest BCUT2D eigenvalue weighted by atomic mass is 10.1. The molecule has 0 fully saturated rings. The number of aryl methyl sites for hydroxylation is 1. The van der Waals surface area contributed by atoms with Crippen LogP contribution in [0.3, 0.4) is 0 Å². The molecule has 0 saturated carbocycles. The van der Waals surface area contributed by atoms with Crippen LogP contribution in [-0.2, 0) is 4.74 Å².